The number of allylic oxidation sites excluding steroid dienone is 5. The molecule has 0 bridgehead atoms. The number of rotatable bonds is 19. The summed E-state index contributed by atoms with van der Waals surface area (Å²) in [5, 5.41) is 21.7. The maximum atomic E-state index is 13.6. The molecule has 2 aromatic rings. The Balaban J connectivity index is 0.575. The van der Waals surface area contributed by atoms with Crippen LogP contribution in [0.4, 0.5) is 0 Å². The number of esters is 4. The summed E-state index contributed by atoms with van der Waals surface area (Å²) in [6, 6.07) is 9.93. The van der Waals surface area contributed by atoms with Crippen LogP contribution in [0.2, 0.25) is 0 Å². The number of benzene rings is 2. The fraction of sp³-hybridized carbons (Fsp3) is 0.714. The second-order valence-corrected chi connectivity index (χ2v) is 38.8. The number of ether oxygens (including phenoxy) is 8. The van der Waals surface area contributed by atoms with Crippen molar-refractivity contribution in [3.05, 3.63) is 94.8 Å². The van der Waals surface area contributed by atoms with E-state index in [0.29, 0.717) is 92.3 Å². The van der Waals surface area contributed by atoms with Gasteiger partial charge in [-0.1, -0.05) is 151 Å². The summed E-state index contributed by atoms with van der Waals surface area (Å²) in [7, 11) is 6.75. The lowest BCUT2D eigenvalue weighted by Gasteiger charge is -2.64. The van der Waals surface area contributed by atoms with E-state index in [9.17, 15) is 29.4 Å². The summed E-state index contributed by atoms with van der Waals surface area (Å²) in [4.78, 5) is 53.9. The average molecular weight is 1450 g/mol. The molecule has 578 valence electrons. The number of hydrogen-bond donors (Lipinski definition) is 2. The van der Waals surface area contributed by atoms with Crippen LogP contribution in [0.3, 0.4) is 0 Å². The molecular formula is C91H130O14. The molecule has 0 radical (unpaired) electrons. The summed E-state index contributed by atoms with van der Waals surface area (Å²) in [5.74, 6) is 3.20. The Bertz CT molecular complexity index is 3730. The summed E-state index contributed by atoms with van der Waals surface area (Å²) >= 11 is 0. The Labute approximate surface area is 629 Å². The number of carbonyl (C=O) groups is 4. The number of carbonyl (C=O) groups excluding carboxylic acids is 4. The monoisotopic (exact) mass is 1450 g/mol. The van der Waals surface area contributed by atoms with Crippen LogP contribution in [0.25, 0.3) is 12.2 Å². The minimum Gasteiger partial charge on any atom is -0.508 e. The zero-order valence-corrected chi connectivity index (χ0v) is 67.3. The van der Waals surface area contributed by atoms with Gasteiger partial charge in [-0.05, 0) is 267 Å². The van der Waals surface area contributed by atoms with Gasteiger partial charge in [-0.15, -0.1) is 0 Å². The number of aliphatic hydroxyl groups is 2. The Morgan fingerprint density at radius 2 is 0.819 bits per heavy atom. The van der Waals surface area contributed by atoms with Gasteiger partial charge in [0.05, 0.1) is 58.2 Å². The molecule has 0 saturated heterocycles. The van der Waals surface area contributed by atoms with Gasteiger partial charge >= 0.3 is 23.9 Å². The smallest absolute Gasteiger partial charge is 0.311 e. The maximum absolute atomic E-state index is 13.6. The topological polar surface area (TPSA) is 183 Å². The molecule has 14 nitrogen and oxygen atoms in total. The van der Waals surface area contributed by atoms with Gasteiger partial charge < -0.3 is 48.1 Å². The van der Waals surface area contributed by atoms with Crippen LogP contribution in [-0.2, 0) is 38.1 Å². The number of methoxy groups -OCH3 is 4. The second-order valence-electron chi connectivity index (χ2n) is 38.8. The number of aliphatic hydroxyl groups excluding tert-OH is 2. The van der Waals surface area contributed by atoms with Gasteiger partial charge in [0, 0.05) is 25.0 Å². The van der Waals surface area contributed by atoms with Gasteiger partial charge in [-0.3, -0.25) is 19.2 Å². The normalized spacial score (nSPS) is 38.1. The SMILES string of the molecule is COc1cc(/C=C/C(O)=C/C(O)/C=C/c2ccc(OC(=O)CCC(=O)O[C@@H]3CC[C@]4(C)[C@H]5CC[C@H]6[C@@](C)(CC[C@H]7C(C)(C)[C@@H](OC)CC[C@@]76C)CC5=CC[C@H]4C3(C)C)c(OC)c2)ccc1OC(=O)CCC(=O)O[C@@H]1CC[C@]2(C)[C@H]3CC[C@H]4[C@@](C)(CC[C@H]5C(C)(C)[C@@H](OC)CC[C@@]54C)CC3=CC[C@H]2C1(C)C. The quantitative estimate of drug-likeness (QED) is 0.0445. The predicted octanol–water partition coefficient (Wildman–Crippen LogP) is 20.3. The standard InChI is InChI=1S/C91H130O14/c1-82(2)70-39-45-86(9)54-58-23-31-68-84(5,6)76(43-47-88(68,11)62(58)27-33-72(86)90(70,13)49-41-74(82)100-17)104-80(96)37-35-78(94)102-64-29-21-56(51-66(64)98-15)19-25-60(92)53-61(93)26-20-57-22-30-65(67(52-57)99-16)103-79(95)36-38-81(97)105-77-44-48-89(12)63-28-34-73-87(10,55-59(63)24-32-69(89)85(77,7)8)46-40-71-83(3,4)75(101-18)42-50-91(71,73)14/h19-26,29-30,51-53,60,62-63,68-77,92-93H,27-28,31-50,54-55H2,1-18H3/b25-19+,26-20+,61-53-/t60?,62-,63-,68-,69-,70-,71-,72-,73-,74-,75-,76+,77+,86-,87-,88+,89+,90-,91-/m0/s1. The van der Waals surface area contributed by atoms with E-state index in [4.69, 9.17) is 37.9 Å². The number of fused-ring (bicyclic) bond motifs is 12. The minimum absolute atomic E-state index is 0.103. The third-order valence-electron chi connectivity index (χ3n) is 31.9. The van der Waals surface area contributed by atoms with Gasteiger partial charge in [0.1, 0.15) is 18.0 Å². The van der Waals surface area contributed by atoms with Gasteiger partial charge in [0.15, 0.2) is 23.0 Å². The van der Waals surface area contributed by atoms with Crippen LogP contribution in [0.1, 0.15) is 262 Å². The second kappa shape index (κ2) is 29.6. The molecule has 0 spiro atoms. The van der Waals surface area contributed by atoms with Gasteiger partial charge in [0.25, 0.3) is 0 Å². The lowest BCUT2D eigenvalue weighted by molar-refractivity contribution is -0.178. The fourth-order valence-electron chi connectivity index (χ4n) is 26.7. The fourth-order valence-corrected chi connectivity index (χ4v) is 26.7. The van der Waals surface area contributed by atoms with E-state index < -0.39 is 30.0 Å². The first-order chi connectivity index (χ1) is 49.4. The van der Waals surface area contributed by atoms with Crippen LogP contribution in [-0.4, -0.2) is 93.0 Å². The number of hydrogen-bond acceptors (Lipinski definition) is 14. The van der Waals surface area contributed by atoms with Crippen molar-refractivity contribution in [1.82, 2.24) is 0 Å². The van der Waals surface area contributed by atoms with E-state index in [1.807, 2.05) is 14.2 Å². The molecule has 0 amide bonds. The van der Waals surface area contributed by atoms with Crippen LogP contribution in [0.15, 0.2) is 83.7 Å². The Hall–Kier alpha value is -5.70. The van der Waals surface area contributed by atoms with Crippen molar-refractivity contribution in [2.24, 2.45) is 101 Å². The molecule has 14 heteroatoms. The van der Waals surface area contributed by atoms with Crippen molar-refractivity contribution >= 4 is 36.0 Å². The zero-order chi connectivity index (χ0) is 75.8. The Kier molecular flexibility index (Phi) is 22.2. The van der Waals surface area contributed by atoms with Gasteiger partial charge in [0.2, 0.25) is 0 Å². The molecule has 0 heterocycles. The van der Waals surface area contributed by atoms with E-state index in [1.54, 1.807) is 59.7 Å². The lowest BCUT2D eigenvalue weighted by atomic mass is 9.42. The summed E-state index contributed by atoms with van der Waals surface area (Å²) in [5.41, 5.74) is 5.83. The Morgan fingerprint density at radius 1 is 0.438 bits per heavy atom. The molecule has 8 saturated carbocycles. The van der Waals surface area contributed by atoms with Gasteiger partial charge in [-0.25, -0.2) is 0 Å². The molecule has 8 fully saturated rings. The maximum Gasteiger partial charge on any atom is 0.311 e. The van der Waals surface area contributed by atoms with Crippen molar-refractivity contribution < 1.29 is 67.3 Å². The lowest BCUT2D eigenvalue weighted by Crippen LogP contribution is -2.58. The first kappa shape index (κ1) is 78.9. The molecule has 1 unspecified atom stereocenters. The summed E-state index contributed by atoms with van der Waals surface area (Å²) < 4.78 is 47.6. The van der Waals surface area contributed by atoms with Crippen molar-refractivity contribution in [2.75, 3.05) is 28.4 Å². The van der Waals surface area contributed by atoms with Crippen LogP contribution >= 0.6 is 0 Å². The van der Waals surface area contributed by atoms with E-state index in [1.165, 1.54) is 109 Å². The molecule has 0 aromatic heterocycles. The molecular weight excluding hydrogens is 1320 g/mol. The Morgan fingerprint density at radius 3 is 1.23 bits per heavy atom. The summed E-state index contributed by atoms with van der Waals surface area (Å²) in [6.45, 7) is 34.7. The first-order valence-corrected chi connectivity index (χ1v) is 40.5. The van der Waals surface area contributed by atoms with E-state index in [2.05, 4.69) is 109 Å². The molecule has 2 aromatic carbocycles. The van der Waals surface area contributed by atoms with Crippen molar-refractivity contribution in [3.63, 3.8) is 0 Å². The molecule has 105 heavy (non-hydrogen) atoms. The summed E-state index contributed by atoms with van der Waals surface area (Å²) in [6.07, 6.45) is 33.9. The molecule has 10 aliphatic rings. The molecule has 19 atom stereocenters. The van der Waals surface area contributed by atoms with Gasteiger partial charge in [-0.2, -0.15) is 0 Å². The minimum atomic E-state index is -1.18. The molecule has 0 aliphatic heterocycles. The van der Waals surface area contributed by atoms with Crippen LogP contribution < -0.4 is 18.9 Å². The zero-order valence-electron chi connectivity index (χ0n) is 67.3. The van der Waals surface area contributed by atoms with Crippen molar-refractivity contribution in [3.8, 4) is 23.0 Å². The van der Waals surface area contributed by atoms with E-state index in [-0.39, 0.29) is 99.1 Å². The van der Waals surface area contributed by atoms with Crippen molar-refractivity contribution in [2.45, 2.75) is 282 Å². The van der Waals surface area contributed by atoms with Crippen LogP contribution in [0.5, 0.6) is 23.0 Å². The average Bonchev–Trinajstić information content (AvgIpc) is 1.38. The largest absolute Gasteiger partial charge is 0.508 e. The third kappa shape index (κ3) is 14.6. The van der Waals surface area contributed by atoms with E-state index >= 15 is 0 Å². The highest BCUT2D eigenvalue weighted by Gasteiger charge is 2.66. The highest BCUT2D eigenvalue weighted by atomic mass is 16.6. The van der Waals surface area contributed by atoms with Crippen LogP contribution in [0, 0.1) is 101 Å². The first-order valence-electron chi connectivity index (χ1n) is 40.5. The highest BCUT2D eigenvalue weighted by molar-refractivity contribution is 5.80. The third-order valence-corrected chi connectivity index (χ3v) is 31.9. The predicted molar refractivity (Wildman–Crippen MR) is 412 cm³/mol. The van der Waals surface area contributed by atoms with Crippen molar-refractivity contribution in [1.29, 1.82) is 0 Å². The molecule has 10 aliphatic carbocycles. The molecule has 12 rings (SSSR count). The molecule has 2 N–H and O–H groups in total. The van der Waals surface area contributed by atoms with E-state index in [0.717, 1.165) is 51.4 Å². The highest BCUT2D eigenvalue weighted by Crippen LogP contribution is 2.73.